The van der Waals surface area contributed by atoms with Crippen LogP contribution in [0.5, 0.6) is 0 Å². The summed E-state index contributed by atoms with van der Waals surface area (Å²) in [6.07, 6.45) is 11.2. The summed E-state index contributed by atoms with van der Waals surface area (Å²) in [6, 6.07) is 39.5. The summed E-state index contributed by atoms with van der Waals surface area (Å²) in [7, 11) is -2.95. The minimum atomic E-state index is -4.26. The molecule has 9 aromatic rings. The first-order valence-corrected chi connectivity index (χ1v) is 26.4. The molecule has 11 rings (SSSR count). The second-order valence-corrected chi connectivity index (χ2v) is 20.7. The van der Waals surface area contributed by atoms with Crippen molar-refractivity contribution >= 4 is 50.0 Å². The predicted octanol–water partition coefficient (Wildman–Crippen LogP) is 9.96. The number of fused-ring (bicyclic) bond motifs is 2. The molecule has 1 N–H and O–H groups in total. The van der Waals surface area contributed by atoms with Gasteiger partial charge in [-0.2, -0.15) is 17.8 Å². The topological polar surface area (TPSA) is 178 Å². The highest BCUT2D eigenvalue weighted by molar-refractivity contribution is 7.90. The smallest absolute Gasteiger partial charge is 0.301 e. The number of nitrogens with one attached hydrogen (secondary N) is 1. The van der Waals surface area contributed by atoms with Crippen molar-refractivity contribution in [2.75, 3.05) is 47.7 Å². The zero-order chi connectivity index (χ0) is 52.7. The van der Waals surface area contributed by atoms with Gasteiger partial charge >= 0.3 is 10.2 Å². The van der Waals surface area contributed by atoms with Crippen LogP contribution in [-0.2, 0) is 28.7 Å². The summed E-state index contributed by atoms with van der Waals surface area (Å²) < 4.78 is 66.1. The number of carbonyl (C=O) groups excluding carboxylic acids is 1. The molecule has 1 saturated heterocycles. The van der Waals surface area contributed by atoms with Gasteiger partial charge in [0.1, 0.15) is 17.0 Å². The quantitative estimate of drug-likeness (QED) is 0.0447. The van der Waals surface area contributed by atoms with Gasteiger partial charge in [0.05, 0.1) is 40.0 Å². The van der Waals surface area contributed by atoms with Gasteiger partial charge in [-0.05, 0) is 71.8 Å². The first-order chi connectivity index (χ1) is 36.8. The van der Waals surface area contributed by atoms with E-state index in [0.29, 0.717) is 42.4 Å². The fourth-order valence-electron chi connectivity index (χ4n) is 10.5. The van der Waals surface area contributed by atoms with Crippen LogP contribution < -0.4 is 14.5 Å². The second-order valence-electron chi connectivity index (χ2n) is 19.0. The van der Waals surface area contributed by atoms with Gasteiger partial charge in [0.15, 0.2) is 5.82 Å². The van der Waals surface area contributed by atoms with E-state index in [1.54, 1.807) is 49.9 Å². The normalized spacial score (nSPS) is 14.3. The Balaban J connectivity index is 0.931. The van der Waals surface area contributed by atoms with Crippen LogP contribution in [0.15, 0.2) is 164 Å². The highest BCUT2D eigenvalue weighted by Gasteiger charge is 2.41. The zero-order valence-electron chi connectivity index (χ0n) is 41.5. The molecule has 384 valence electrons. The molecule has 0 spiro atoms. The van der Waals surface area contributed by atoms with Gasteiger partial charge in [-0.3, -0.25) is 24.3 Å². The van der Waals surface area contributed by atoms with Crippen LogP contribution in [0.4, 0.5) is 31.8 Å². The Morgan fingerprint density at radius 1 is 0.789 bits per heavy atom. The minimum absolute atomic E-state index is 0.0602. The van der Waals surface area contributed by atoms with E-state index in [4.69, 9.17) is 20.1 Å². The monoisotopic (exact) mass is 1040 g/mol. The summed E-state index contributed by atoms with van der Waals surface area (Å²) in [5, 5.41) is 16.5. The van der Waals surface area contributed by atoms with Crippen LogP contribution in [0, 0.1) is 21.7 Å². The highest BCUT2D eigenvalue weighted by Crippen LogP contribution is 2.45. The average molecular weight is 1040 g/mol. The number of ketones is 1. The Morgan fingerprint density at radius 3 is 1.99 bits per heavy atom. The number of rotatable bonds is 15. The van der Waals surface area contributed by atoms with Gasteiger partial charge in [-0.1, -0.05) is 97.9 Å². The fraction of sp³-hybridized carbons (Fsp3) is 0.211. The maximum absolute atomic E-state index is 16.7. The Labute approximate surface area is 437 Å². The summed E-state index contributed by atoms with van der Waals surface area (Å²) >= 11 is 0. The van der Waals surface area contributed by atoms with E-state index in [1.807, 2.05) is 95.6 Å². The lowest BCUT2D eigenvalue weighted by Crippen LogP contribution is -2.37. The van der Waals surface area contributed by atoms with E-state index < -0.39 is 49.3 Å². The van der Waals surface area contributed by atoms with Crippen LogP contribution in [0.1, 0.15) is 69.7 Å². The summed E-state index contributed by atoms with van der Waals surface area (Å²) in [5.41, 5.74) is 4.27. The van der Waals surface area contributed by atoms with Gasteiger partial charge < -0.3 is 14.4 Å². The van der Waals surface area contributed by atoms with E-state index in [2.05, 4.69) is 25.4 Å². The fourth-order valence-corrected chi connectivity index (χ4v) is 11.4. The third-order valence-electron chi connectivity index (χ3n) is 14.6. The maximum Gasteiger partial charge on any atom is 0.301 e. The van der Waals surface area contributed by atoms with Gasteiger partial charge in [0.2, 0.25) is 11.7 Å². The molecule has 16 nitrogen and oxygen atoms in total. The predicted molar refractivity (Wildman–Crippen MR) is 287 cm³/mol. The number of piperidine rings is 1. The number of hydrogen-bond donors (Lipinski definition) is 1. The first kappa shape index (κ1) is 49.5. The molecule has 2 aliphatic heterocycles. The SMILES string of the molecule is CCN(C)S(=O)(=O)Nc1ccc(F)c(C(=O)c2cn(C(c3ccccc3)(c3ccccc3)c3ccccc3)c3ncc(-c4cnc(N5CCC(n6cc7c(n6)CN(c6ccc([N+](=O)[O-])cc6)CC7)CC5)nc4)cc23)c1F. The van der Waals surface area contributed by atoms with Crippen molar-refractivity contribution in [1.29, 1.82) is 0 Å². The molecule has 0 unspecified atom stereocenters. The molecule has 5 aromatic carbocycles. The van der Waals surface area contributed by atoms with E-state index in [1.165, 1.54) is 24.7 Å². The van der Waals surface area contributed by atoms with Crippen molar-refractivity contribution in [3.05, 3.63) is 225 Å². The molecule has 0 atom stereocenters. The third kappa shape index (κ3) is 9.00. The minimum Gasteiger partial charge on any atom is -0.365 e. The van der Waals surface area contributed by atoms with Crippen molar-refractivity contribution < 1.29 is 26.9 Å². The van der Waals surface area contributed by atoms with Crippen molar-refractivity contribution in [2.24, 2.45) is 0 Å². The largest absolute Gasteiger partial charge is 0.365 e. The lowest BCUT2D eigenvalue weighted by Gasteiger charge is -2.38. The molecular weight excluding hydrogens is 989 g/mol. The first-order valence-electron chi connectivity index (χ1n) is 24.9. The van der Waals surface area contributed by atoms with E-state index >= 15 is 13.6 Å². The molecule has 6 heterocycles. The molecular formula is C57H51F2N11O5S. The molecule has 0 aliphatic carbocycles. The van der Waals surface area contributed by atoms with E-state index in [0.717, 1.165) is 70.3 Å². The summed E-state index contributed by atoms with van der Waals surface area (Å²) in [6.45, 7) is 4.46. The number of hydrogen-bond acceptors (Lipinski definition) is 11. The lowest BCUT2D eigenvalue weighted by atomic mass is 9.76. The zero-order valence-corrected chi connectivity index (χ0v) is 42.3. The van der Waals surface area contributed by atoms with Crippen molar-refractivity contribution in [3.63, 3.8) is 0 Å². The molecule has 4 aromatic heterocycles. The van der Waals surface area contributed by atoms with Crippen LogP contribution in [0.25, 0.3) is 22.2 Å². The number of aromatic nitrogens is 6. The summed E-state index contributed by atoms with van der Waals surface area (Å²) in [4.78, 5) is 44.9. The van der Waals surface area contributed by atoms with Crippen molar-refractivity contribution in [1.82, 2.24) is 33.6 Å². The standard InChI is InChI=1S/C57H51F2N11O5S/c1-3-65(2)76(74,75)64-50-24-23-49(58)52(53(50)59)54(71)48-36-68(57(41-13-7-4-8-14-41,42-15-9-5-10-16-42)43-17-11-6-12-18-43)55-47(48)31-39(32-60-55)40-33-61-56(62-34-40)66-29-26-45(27-30-66)69-35-38-25-28-67(37-51(38)63-69)44-19-21-46(22-20-44)70(72)73/h4-24,31-36,45,64H,3,25-30,37H2,1-2H3. The maximum atomic E-state index is 16.7. The molecule has 2 aliphatic rings. The number of nitrogens with zero attached hydrogens (tertiary/aromatic N) is 10. The van der Waals surface area contributed by atoms with Crippen LogP contribution in [0.3, 0.4) is 0 Å². The number of halogens is 2. The van der Waals surface area contributed by atoms with Crippen LogP contribution >= 0.6 is 0 Å². The van der Waals surface area contributed by atoms with Crippen molar-refractivity contribution in [3.8, 4) is 11.1 Å². The molecule has 0 radical (unpaired) electrons. The second kappa shape index (κ2) is 20.2. The molecule has 76 heavy (non-hydrogen) atoms. The molecule has 1 fully saturated rings. The van der Waals surface area contributed by atoms with Gasteiger partial charge in [0.25, 0.3) is 5.69 Å². The Morgan fingerprint density at radius 2 is 1.39 bits per heavy atom. The van der Waals surface area contributed by atoms with Crippen molar-refractivity contribution in [2.45, 2.75) is 44.3 Å². The van der Waals surface area contributed by atoms with E-state index in [9.17, 15) is 18.5 Å². The Hall–Kier alpha value is -8.68. The Bertz CT molecular complexity index is 3630. The van der Waals surface area contributed by atoms with Crippen LogP contribution in [-0.4, -0.2) is 86.0 Å². The average Bonchev–Trinajstić information content (AvgIpc) is 4.10. The number of non-ortho nitro benzene ring substituents is 1. The summed E-state index contributed by atoms with van der Waals surface area (Å²) in [5.74, 6) is -3.03. The van der Waals surface area contributed by atoms with Crippen LogP contribution in [0.2, 0.25) is 0 Å². The van der Waals surface area contributed by atoms with E-state index in [-0.39, 0.29) is 29.2 Å². The number of benzene rings is 5. The lowest BCUT2D eigenvalue weighted by molar-refractivity contribution is -0.384. The number of nitro benzene ring substituents is 1. The number of anilines is 3. The number of carbonyl (C=O) groups is 1. The molecule has 0 bridgehead atoms. The van der Waals surface area contributed by atoms with Gasteiger partial charge in [-0.25, -0.2) is 23.7 Å². The Kier molecular flexibility index (Phi) is 13.2. The molecule has 0 saturated carbocycles. The number of nitro groups is 1. The molecule has 0 amide bonds. The number of pyridine rings is 1. The van der Waals surface area contributed by atoms with Gasteiger partial charge in [0, 0.05) is 98.5 Å². The molecule has 19 heteroatoms. The van der Waals surface area contributed by atoms with Gasteiger partial charge in [-0.15, -0.1) is 0 Å². The highest BCUT2D eigenvalue weighted by atomic mass is 32.2. The third-order valence-corrected chi connectivity index (χ3v) is 16.2.